The molecule has 0 aliphatic carbocycles. The van der Waals surface area contributed by atoms with E-state index in [1.54, 1.807) is 17.7 Å². The molecule has 0 amide bonds. The Labute approximate surface area is 62.8 Å². The monoisotopic (exact) mass is 152 g/mol. The summed E-state index contributed by atoms with van der Waals surface area (Å²) in [5, 5.41) is 9.19. The molecule has 2 heterocycles. The highest BCUT2D eigenvalue weighted by molar-refractivity contribution is 5.79. The van der Waals surface area contributed by atoms with Gasteiger partial charge in [-0.1, -0.05) is 0 Å². The molecule has 0 aliphatic rings. The standard InChI is InChI=1S/C7H8N2O2/c1-9-4-2-6(8)11-5(4)3-7(9)10/h2-3,10H,8H2,1H3. The molecule has 0 aromatic carbocycles. The number of hydrogen-bond acceptors (Lipinski definition) is 3. The molecular formula is C7H8N2O2. The molecule has 0 saturated carbocycles. The van der Waals surface area contributed by atoms with Crippen molar-refractivity contribution in [1.82, 2.24) is 4.57 Å². The normalized spacial score (nSPS) is 11.0. The van der Waals surface area contributed by atoms with Crippen LogP contribution in [0.15, 0.2) is 16.5 Å². The second-order valence-corrected chi connectivity index (χ2v) is 2.46. The van der Waals surface area contributed by atoms with E-state index in [0.717, 1.165) is 5.52 Å². The van der Waals surface area contributed by atoms with E-state index in [1.165, 1.54) is 6.07 Å². The molecule has 0 aliphatic heterocycles. The molecule has 0 fully saturated rings. The van der Waals surface area contributed by atoms with Crippen molar-refractivity contribution in [3.8, 4) is 5.88 Å². The van der Waals surface area contributed by atoms with Gasteiger partial charge in [0.2, 0.25) is 0 Å². The number of nitrogen functional groups attached to an aromatic ring is 1. The van der Waals surface area contributed by atoms with Crippen LogP contribution in [0.2, 0.25) is 0 Å². The maximum atomic E-state index is 9.19. The average Bonchev–Trinajstić information content (AvgIpc) is 2.37. The van der Waals surface area contributed by atoms with E-state index >= 15 is 0 Å². The summed E-state index contributed by atoms with van der Waals surface area (Å²) >= 11 is 0. The van der Waals surface area contributed by atoms with E-state index < -0.39 is 0 Å². The lowest BCUT2D eigenvalue weighted by atomic mass is 10.5. The Hall–Kier alpha value is -1.58. The summed E-state index contributed by atoms with van der Waals surface area (Å²) < 4.78 is 6.67. The molecule has 2 aromatic heterocycles. The van der Waals surface area contributed by atoms with Crippen molar-refractivity contribution in [1.29, 1.82) is 0 Å². The maximum absolute atomic E-state index is 9.19. The van der Waals surface area contributed by atoms with Crippen LogP contribution in [0, 0.1) is 0 Å². The quantitative estimate of drug-likeness (QED) is 0.593. The first-order valence-corrected chi connectivity index (χ1v) is 3.22. The molecule has 0 atom stereocenters. The van der Waals surface area contributed by atoms with Crippen LogP contribution >= 0.6 is 0 Å². The molecule has 0 unspecified atom stereocenters. The number of aryl methyl sites for hydroxylation is 1. The Morgan fingerprint density at radius 2 is 2.27 bits per heavy atom. The van der Waals surface area contributed by atoms with E-state index in [1.807, 2.05) is 0 Å². The summed E-state index contributed by atoms with van der Waals surface area (Å²) in [4.78, 5) is 0. The summed E-state index contributed by atoms with van der Waals surface area (Å²) in [5.74, 6) is 0.546. The third-order valence-corrected chi connectivity index (χ3v) is 1.72. The summed E-state index contributed by atoms with van der Waals surface area (Å²) in [5.41, 5.74) is 6.81. The number of fused-ring (bicyclic) bond motifs is 1. The van der Waals surface area contributed by atoms with Gasteiger partial charge in [0.05, 0.1) is 5.52 Å². The fourth-order valence-electron chi connectivity index (χ4n) is 1.12. The first-order chi connectivity index (χ1) is 5.18. The van der Waals surface area contributed by atoms with Gasteiger partial charge in [0.15, 0.2) is 17.3 Å². The zero-order chi connectivity index (χ0) is 8.01. The fourth-order valence-corrected chi connectivity index (χ4v) is 1.12. The number of hydrogen-bond donors (Lipinski definition) is 2. The van der Waals surface area contributed by atoms with Crippen LogP contribution < -0.4 is 5.73 Å². The molecule has 0 radical (unpaired) electrons. The van der Waals surface area contributed by atoms with Crippen LogP contribution in [-0.4, -0.2) is 9.67 Å². The van der Waals surface area contributed by atoms with Crippen LogP contribution in [0.3, 0.4) is 0 Å². The third-order valence-electron chi connectivity index (χ3n) is 1.72. The number of furan rings is 1. The minimum absolute atomic E-state index is 0.179. The highest BCUT2D eigenvalue weighted by atomic mass is 16.3. The summed E-state index contributed by atoms with van der Waals surface area (Å²) in [6.07, 6.45) is 0. The van der Waals surface area contributed by atoms with Gasteiger partial charge in [-0.3, -0.25) is 0 Å². The fraction of sp³-hybridized carbons (Fsp3) is 0.143. The van der Waals surface area contributed by atoms with E-state index in [2.05, 4.69) is 0 Å². The smallest absolute Gasteiger partial charge is 0.195 e. The topological polar surface area (TPSA) is 64.3 Å². The van der Waals surface area contributed by atoms with Gasteiger partial charge in [-0.15, -0.1) is 0 Å². The summed E-state index contributed by atoms with van der Waals surface area (Å²) in [6, 6.07) is 3.21. The Bertz CT molecular complexity index is 400. The number of rotatable bonds is 0. The molecule has 0 saturated heterocycles. The number of nitrogens with two attached hydrogens (primary N) is 1. The molecule has 4 heteroatoms. The second-order valence-electron chi connectivity index (χ2n) is 2.46. The third kappa shape index (κ3) is 0.690. The molecule has 2 aromatic rings. The van der Waals surface area contributed by atoms with Gasteiger partial charge in [0, 0.05) is 19.2 Å². The van der Waals surface area contributed by atoms with E-state index in [0.29, 0.717) is 11.5 Å². The minimum atomic E-state index is 0.179. The molecular weight excluding hydrogens is 144 g/mol. The van der Waals surface area contributed by atoms with Crippen molar-refractivity contribution < 1.29 is 9.52 Å². The molecule has 3 N–H and O–H groups in total. The largest absolute Gasteiger partial charge is 0.494 e. The van der Waals surface area contributed by atoms with Crippen LogP contribution in [0.1, 0.15) is 0 Å². The molecule has 0 bridgehead atoms. The summed E-state index contributed by atoms with van der Waals surface area (Å²) in [6.45, 7) is 0. The number of anilines is 1. The Morgan fingerprint density at radius 3 is 2.91 bits per heavy atom. The lowest BCUT2D eigenvalue weighted by molar-refractivity contribution is 0.435. The van der Waals surface area contributed by atoms with Crippen molar-refractivity contribution in [2.75, 3.05) is 5.73 Å². The van der Waals surface area contributed by atoms with E-state index in [4.69, 9.17) is 10.2 Å². The van der Waals surface area contributed by atoms with Crippen LogP contribution in [-0.2, 0) is 7.05 Å². The molecule has 2 rings (SSSR count). The van der Waals surface area contributed by atoms with Gasteiger partial charge >= 0.3 is 0 Å². The lowest BCUT2D eigenvalue weighted by Crippen LogP contribution is -1.84. The van der Waals surface area contributed by atoms with Crippen LogP contribution in [0.5, 0.6) is 5.88 Å². The van der Waals surface area contributed by atoms with Crippen molar-refractivity contribution in [2.45, 2.75) is 0 Å². The second kappa shape index (κ2) is 1.72. The highest BCUT2D eigenvalue weighted by Crippen LogP contribution is 2.26. The van der Waals surface area contributed by atoms with Gasteiger partial charge in [0.25, 0.3) is 0 Å². The molecule has 11 heavy (non-hydrogen) atoms. The van der Waals surface area contributed by atoms with Gasteiger partial charge in [-0.2, -0.15) is 0 Å². The first-order valence-electron chi connectivity index (χ1n) is 3.22. The molecule has 58 valence electrons. The van der Waals surface area contributed by atoms with Crippen molar-refractivity contribution in [2.24, 2.45) is 7.05 Å². The van der Waals surface area contributed by atoms with Gasteiger partial charge in [-0.25, -0.2) is 0 Å². The Morgan fingerprint density at radius 1 is 1.55 bits per heavy atom. The average molecular weight is 152 g/mol. The number of nitrogens with zero attached hydrogens (tertiary/aromatic N) is 1. The van der Waals surface area contributed by atoms with Gasteiger partial charge in [-0.05, 0) is 0 Å². The first kappa shape index (κ1) is 6.15. The molecule has 0 spiro atoms. The van der Waals surface area contributed by atoms with E-state index in [-0.39, 0.29) is 5.88 Å². The SMILES string of the molecule is Cn1c(O)cc2oc(N)cc21. The number of aromatic nitrogens is 1. The van der Waals surface area contributed by atoms with Crippen molar-refractivity contribution in [3.05, 3.63) is 12.1 Å². The van der Waals surface area contributed by atoms with E-state index in [9.17, 15) is 5.11 Å². The van der Waals surface area contributed by atoms with Gasteiger partial charge < -0.3 is 19.8 Å². The zero-order valence-corrected chi connectivity index (χ0v) is 6.03. The summed E-state index contributed by atoms with van der Waals surface area (Å²) in [7, 11) is 1.74. The predicted molar refractivity (Wildman–Crippen MR) is 41.3 cm³/mol. The predicted octanol–water partition coefficient (Wildman–Crippen LogP) is 1.06. The van der Waals surface area contributed by atoms with Crippen molar-refractivity contribution in [3.63, 3.8) is 0 Å². The Balaban J connectivity index is 2.88. The lowest BCUT2D eigenvalue weighted by Gasteiger charge is -1.91. The molecule has 4 nitrogen and oxygen atoms in total. The zero-order valence-electron chi connectivity index (χ0n) is 6.03. The Kier molecular flexibility index (Phi) is 0.961. The highest BCUT2D eigenvalue weighted by Gasteiger charge is 2.07. The number of aromatic hydroxyl groups is 1. The minimum Gasteiger partial charge on any atom is -0.494 e. The van der Waals surface area contributed by atoms with Crippen molar-refractivity contribution >= 4 is 17.0 Å². The van der Waals surface area contributed by atoms with Crippen LogP contribution in [0.4, 0.5) is 5.88 Å². The van der Waals surface area contributed by atoms with Gasteiger partial charge in [0.1, 0.15) is 0 Å². The van der Waals surface area contributed by atoms with Crippen LogP contribution in [0.25, 0.3) is 11.1 Å². The maximum Gasteiger partial charge on any atom is 0.195 e.